The summed E-state index contributed by atoms with van der Waals surface area (Å²) in [6.07, 6.45) is 9.14. The van der Waals surface area contributed by atoms with Crippen molar-refractivity contribution in [2.45, 2.75) is 65.0 Å². The number of sulfone groups is 1. The van der Waals surface area contributed by atoms with Gasteiger partial charge in [0.05, 0.1) is 24.5 Å². The van der Waals surface area contributed by atoms with Crippen LogP contribution in [0.3, 0.4) is 0 Å². The molecule has 0 aliphatic carbocycles. The SMILES string of the molecule is CCOC(=O)/C=C/c1cccc(C2(C)CCCC(C)(C)/C=C(\C(=O)OCC)S(=O)(=O)Cc3c(c(F)cc4[nH]ccc34)Oc3ccc(F)c(c3)-c3ncc2[nH]3)c1. The Morgan fingerprint density at radius 3 is 2.53 bits per heavy atom. The number of aromatic nitrogens is 3. The average molecular weight is 772 g/mol. The molecule has 1 unspecified atom stereocenters. The van der Waals surface area contributed by atoms with Gasteiger partial charge in [-0.15, -0.1) is 0 Å². The highest BCUT2D eigenvalue weighted by Gasteiger charge is 2.35. The zero-order valence-corrected chi connectivity index (χ0v) is 32.1. The molecule has 3 aromatic carbocycles. The monoisotopic (exact) mass is 771 g/mol. The predicted octanol–water partition coefficient (Wildman–Crippen LogP) is 9.08. The maximum atomic E-state index is 15.9. The van der Waals surface area contributed by atoms with E-state index in [0.717, 1.165) is 17.2 Å². The quantitative estimate of drug-likeness (QED) is 0.129. The molecule has 1 aliphatic rings. The minimum absolute atomic E-state index is 0.0216. The molecule has 2 N–H and O–H groups in total. The van der Waals surface area contributed by atoms with Crippen LogP contribution in [-0.4, -0.2) is 48.5 Å². The van der Waals surface area contributed by atoms with Crippen molar-refractivity contribution in [3.8, 4) is 22.9 Å². The van der Waals surface area contributed by atoms with Crippen LogP contribution in [0.25, 0.3) is 28.4 Å². The van der Waals surface area contributed by atoms with Crippen molar-refractivity contribution in [1.82, 2.24) is 15.0 Å². The van der Waals surface area contributed by atoms with E-state index in [9.17, 15) is 18.0 Å². The molecule has 4 bridgehead atoms. The fourth-order valence-corrected chi connectivity index (χ4v) is 8.56. The summed E-state index contributed by atoms with van der Waals surface area (Å²) in [5.41, 5.74) is 1.04. The van der Waals surface area contributed by atoms with Crippen LogP contribution >= 0.6 is 0 Å². The molecule has 1 atom stereocenters. The highest BCUT2D eigenvalue weighted by Crippen LogP contribution is 2.42. The standard InChI is InChI=1S/C42H43F2N3O7S/c1-6-52-37(48)15-12-26-10-8-11-27(20-26)42(5)18-9-17-41(3,4)23-35(40(49)53-7-2)55(50,51)25-31-29-16-19-45-34(29)22-33(44)38(31)54-28-13-14-32(43)30(21-28)39-46-24-36(42)47-39/h8,10-16,19-24,45H,6-7,9,17-18,25H2,1-5H3,(H,46,47)/b15-12+,35-23+. The summed E-state index contributed by atoms with van der Waals surface area (Å²) in [5, 5.41) is 0.370. The molecule has 13 heteroatoms. The molecule has 0 spiro atoms. The van der Waals surface area contributed by atoms with Crippen LogP contribution in [0.1, 0.15) is 76.3 Å². The van der Waals surface area contributed by atoms with Gasteiger partial charge in [-0.05, 0) is 80.5 Å². The lowest BCUT2D eigenvalue weighted by molar-refractivity contribution is -0.138. The Hall–Kier alpha value is -5.56. The van der Waals surface area contributed by atoms with E-state index < -0.39 is 54.9 Å². The van der Waals surface area contributed by atoms with Crippen LogP contribution in [0.5, 0.6) is 11.5 Å². The predicted molar refractivity (Wildman–Crippen MR) is 206 cm³/mol. The number of fused-ring (bicyclic) bond motifs is 8. The number of hydrogen-bond donors (Lipinski definition) is 2. The first-order valence-corrected chi connectivity index (χ1v) is 19.7. The number of esters is 2. The van der Waals surface area contributed by atoms with Gasteiger partial charge in [0.2, 0.25) is 0 Å². The first kappa shape index (κ1) is 39.1. The molecule has 5 aromatic rings. The lowest BCUT2D eigenvalue weighted by Crippen LogP contribution is -2.26. The number of aromatic amines is 2. The maximum Gasteiger partial charge on any atom is 0.349 e. The lowest BCUT2D eigenvalue weighted by Gasteiger charge is -2.31. The third kappa shape index (κ3) is 8.41. The van der Waals surface area contributed by atoms with Gasteiger partial charge in [0.1, 0.15) is 22.3 Å². The number of nitrogens with one attached hydrogen (secondary N) is 2. The topological polar surface area (TPSA) is 140 Å². The van der Waals surface area contributed by atoms with Gasteiger partial charge >= 0.3 is 11.9 Å². The molecule has 1 aliphatic heterocycles. The highest BCUT2D eigenvalue weighted by molar-refractivity contribution is 7.95. The van der Waals surface area contributed by atoms with Crippen LogP contribution in [0.15, 0.2) is 84.0 Å². The number of halogens is 2. The first-order valence-electron chi connectivity index (χ1n) is 18.0. The van der Waals surface area contributed by atoms with Crippen LogP contribution in [0.2, 0.25) is 0 Å². The Balaban J connectivity index is 1.53. The summed E-state index contributed by atoms with van der Waals surface area (Å²) in [4.78, 5) is 35.8. The van der Waals surface area contributed by atoms with Crippen molar-refractivity contribution in [3.63, 3.8) is 0 Å². The Morgan fingerprint density at radius 2 is 1.76 bits per heavy atom. The van der Waals surface area contributed by atoms with Crippen molar-refractivity contribution in [2.24, 2.45) is 5.41 Å². The van der Waals surface area contributed by atoms with E-state index in [4.69, 9.17) is 14.2 Å². The van der Waals surface area contributed by atoms with Gasteiger partial charge in [0.15, 0.2) is 21.4 Å². The summed E-state index contributed by atoms with van der Waals surface area (Å²) in [6, 6.07) is 14.2. The normalized spacial score (nSPS) is 19.4. The summed E-state index contributed by atoms with van der Waals surface area (Å²) in [6.45, 7) is 9.19. The molecule has 55 heavy (non-hydrogen) atoms. The zero-order valence-electron chi connectivity index (χ0n) is 31.3. The molecule has 3 heterocycles. The number of H-pyrrole nitrogens is 2. The fourth-order valence-electron chi connectivity index (χ4n) is 6.93. The summed E-state index contributed by atoms with van der Waals surface area (Å²) in [7, 11) is -4.48. The minimum Gasteiger partial charge on any atom is -0.463 e. The van der Waals surface area contributed by atoms with E-state index in [1.807, 2.05) is 45.0 Å². The van der Waals surface area contributed by atoms with Gasteiger partial charge in [-0.1, -0.05) is 50.6 Å². The third-order valence-electron chi connectivity index (χ3n) is 9.84. The van der Waals surface area contributed by atoms with Crippen LogP contribution in [0.4, 0.5) is 8.78 Å². The number of carbonyl (C=O) groups is 2. The Kier molecular flexibility index (Phi) is 11.1. The number of rotatable bonds is 6. The first-order chi connectivity index (χ1) is 26.1. The number of benzene rings is 3. The molecule has 0 fully saturated rings. The second kappa shape index (κ2) is 15.7. The Morgan fingerprint density at radius 1 is 0.982 bits per heavy atom. The fraction of sp³-hybridized carbons (Fsp3) is 0.310. The largest absolute Gasteiger partial charge is 0.463 e. The van der Waals surface area contributed by atoms with Gasteiger partial charge in [-0.25, -0.2) is 31.8 Å². The van der Waals surface area contributed by atoms with E-state index in [0.29, 0.717) is 35.9 Å². The van der Waals surface area contributed by atoms with Gasteiger partial charge in [-0.2, -0.15) is 0 Å². The smallest absolute Gasteiger partial charge is 0.349 e. The number of hydrogen-bond acceptors (Lipinski definition) is 8. The molecule has 0 radical (unpaired) electrons. The van der Waals surface area contributed by atoms with Crippen LogP contribution in [0, 0.1) is 17.0 Å². The van der Waals surface area contributed by atoms with E-state index >= 15 is 8.78 Å². The van der Waals surface area contributed by atoms with E-state index in [-0.39, 0.29) is 41.7 Å². The molecule has 0 saturated heterocycles. The van der Waals surface area contributed by atoms with Crippen molar-refractivity contribution in [2.75, 3.05) is 13.2 Å². The summed E-state index contributed by atoms with van der Waals surface area (Å²) >= 11 is 0. The van der Waals surface area contributed by atoms with Crippen molar-refractivity contribution >= 4 is 38.8 Å². The van der Waals surface area contributed by atoms with Gasteiger partial charge < -0.3 is 24.2 Å². The van der Waals surface area contributed by atoms with Gasteiger partial charge in [0.25, 0.3) is 0 Å². The number of imidazole rings is 1. The van der Waals surface area contributed by atoms with Gasteiger partial charge in [0, 0.05) is 52.1 Å². The van der Waals surface area contributed by atoms with Crippen LogP contribution in [-0.2, 0) is 40.1 Å². The molecule has 10 nitrogen and oxygen atoms in total. The average Bonchev–Trinajstić information content (AvgIpc) is 3.83. The molecule has 6 rings (SSSR count). The van der Waals surface area contributed by atoms with E-state index in [1.54, 1.807) is 38.4 Å². The Labute approximate surface area is 318 Å². The number of carbonyl (C=O) groups excluding carboxylic acids is 2. The second-order valence-corrected chi connectivity index (χ2v) is 16.3. The van der Waals surface area contributed by atoms with Crippen molar-refractivity contribution in [1.29, 1.82) is 0 Å². The molecule has 2 aromatic heterocycles. The zero-order chi connectivity index (χ0) is 39.5. The van der Waals surface area contributed by atoms with E-state index in [1.165, 1.54) is 30.4 Å². The highest BCUT2D eigenvalue weighted by atomic mass is 32.2. The number of nitrogens with zero attached hydrogens (tertiary/aromatic N) is 1. The molecule has 0 saturated carbocycles. The third-order valence-corrected chi connectivity index (χ3v) is 11.5. The van der Waals surface area contributed by atoms with E-state index in [2.05, 4.69) is 15.0 Å². The molecular formula is C42H43F2N3O7S. The lowest BCUT2D eigenvalue weighted by atomic mass is 9.73. The van der Waals surface area contributed by atoms with Crippen molar-refractivity contribution in [3.05, 3.63) is 118 Å². The van der Waals surface area contributed by atoms with Crippen LogP contribution < -0.4 is 4.74 Å². The summed E-state index contributed by atoms with van der Waals surface area (Å²) < 4.78 is 76.5. The number of allylic oxidation sites excluding steroid dienone is 1. The van der Waals surface area contributed by atoms with Crippen molar-refractivity contribution < 1.29 is 41.0 Å². The molecule has 288 valence electrons. The molecule has 0 amide bonds. The molecular weight excluding hydrogens is 729 g/mol. The summed E-state index contributed by atoms with van der Waals surface area (Å²) in [5.74, 6) is -3.91. The number of ether oxygens (including phenoxy) is 3. The second-order valence-electron chi connectivity index (χ2n) is 14.4. The minimum atomic E-state index is -4.48. The maximum absolute atomic E-state index is 15.9. The Bertz CT molecular complexity index is 2430. The van der Waals surface area contributed by atoms with Gasteiger partial charge in [-0.3, -0.25) is 0 Å².